The second-order valence-electron chi connectivity index (χ2n) is 19.6. The molecule has 0 aliphatic carbocycles. The van der Waals surface area contributed by atoms with E-state index >= 15 is 0 Å². The SMILES string of the molecule is CC[C@H](C)[C@@H]([C@@H](CC(=O)N1CCC[C@H]1[C@H](OC)[C@@H](C)C(=O)N[C@H](C)[C@@H](OC(=O)NCc1cn(C2OC(CO)C(O)C(O)C2O)nn1)c1ccccc1)OC)N(C)C(=O)[C@@H](NC(=O)[C@@H](NC)C(C)C)C(C)C. The quantitative estimate of drug-likeness (QED) is 0.0690. The van der Waals surface area contributed by atoms with Crippen LogP contribution in [0.2, 0.25) is 0 Å². The van der Waals surface area contributed by atoms with Crippen LogP contribution in [0, 0.1) is 23.7 Å². The predicted octanol–water partition coefficient (Wildman–Crippen LogP) is 1.03. The van der Waals surface area contributed by atoms with Crippen molar-refractivity contribution >= 4 is 29.7 Å². The van der Waals surface area contributed by atoms with Gasteiger partial charge in [0.25, 0.3) is 0 Å². The second kappa shape index (κ2) is 27.3. The van der Waals surface area contributed by atoms with Crippen molar-refractivity contribution in [2.45, 2.75) is 167 Å². The molecule has 0 bridgehead atoms. The van der Waals surface area contributed by atoms with Crippen molar-refractivity contribution in [1.82, 2.24) is 46.1 Å². The van der Waals surface area contributed by atoms with Crippen molar-refractivity contribution in [2.24, 2.45) is 23.7 Å². The Bertz CT molecular complexity index is 2010. The van der Waals surface area contributed by atoms with Crippen LogP contribution in [0.15, 0.2) is 36.5 Å². The first kappa shape index (κ1) is 58.8. The number of rotatable bonds is 25. The number of carbonyl (C=O) groups excluding carboxylic acids is 5. The Morgan fingerprint density at radius 2 is 1.56 bits per heavy atom. The molecule has 0 saturated carbocycles. The van der Waals surface area contributed by atoms with Gasteiger partial charge in [0, 0.05) is 27.8 Å². The summed E-state index contributed by atoms with van der Waals surface area (Å²) >= 11 is 0. The number of aliphatic hydroxyl groups is 4. The highest BCUT2D eigenvalue weighted by molar-refractivity contribution is 5.90. The first-order valence-electron chi connectivity index (χ1n) is 24.8. The van der Waals surface area contributed by atoms with Crippen LogP contribution < -0.4 is 21.3 Å². The molecule has 2 fully saturated rings. The molecule has 8 N–H and O–H groups in total. The van der Waals surface area contributed by atoms with Gasteiger partial charge >= 0.3 is 6.09 Å². The van der Waals surface area contributed by atoms with Crippen LogP contribution in [0.25, 0.3) is 0 Å². The number of ether oxygens (including phenoxy) is 4. The van der Waals surface area contributed by atoms with Gasteiger partial charge in [0.05, 0.1) is 68.1 Å². The molecule has 1 aromatic carbocycles. The molecular formula is C49H81N9O13. The summed E-state index contributed by atoms with van der Waals surface area (Å²) in [4.78, 5) is 72.9. The molecule has 0 radical (unpaired) electrons. The van der Waals surface area contributed by atoms with Crippen LogP contribution >= 0.6 is 0 Å². The molecule has 1 aromatic heterocycles. The summed E-state index contributed by atoms with van der Waals surface area (Å²) in [6.07, 6.45) is -7.17. The fraction of sp³-hybridized carbons (Fsp3) is 0.735. The van der Waals surface area contributed by atoms with E-state index in [0.29, 0.717) is 31.4 Å². The maximum atomic E-state index is 14.4. The van der Waals surface area contributed by atoms with E-state index in [-0.39, 0.29) is 54.1 Å². The molecule has 400 valence electrons. The van der Waals surface area contributed by atoms with E-state index in [2.05, 4.69) is 31.6 Å². The van der Waals surface area contributed by atoms with Crippen molar-refractivity contribution < 1.29 is 63.3 Å². The summed E-state index contributed by atoms with van der Waals surface area (Å²) < 4.78 is 24.6. The highest BCUT2D eigenvalue weighted by Gasteiger charge is 2.46. The highest BCUT2D eigenvalue weighted by atomic mass is 16.6. The molecule has 5 unspecified atom stereocenters. The lowest BCUT2D eigenvalue weighted by Crippen LogP contribution is -2.59. The zero-order valence-electron chi connectivity index (χ0n) is 43.4. The third-order valence-corrected chi connectivity index (χ3v) is 14.0. The van der Waals surface area contributed by atoms with Crippen LogP contribution in [0.1, 0.15) is 105 Å². The molecule has 3 heterocycles. The van der Waals surface area contributed by atoms with Gasteiger partial charge in [-0.15, -0.1) is 5.10 Å². The summed E-state index contributed by atoms with van der Waals surface area (Å²) in [5, 5.41) is 59.9. The summed E-state index contributed by atoms with van der Waals surface area (Å²) in [5.41, 5.74) is 0.828. The molecular weight excluding hydrogens is 923 g/mol. The number of amides is 5. The number of alkyl carbamates (subject to hydrolysis) is 1. The molecule has 22 nitrogen and oxygen atoms in total. The maximum Gasteiger partial charge on any atom is 0.408 e. The van der Waals surface area contributed by atoms with Gasteiger partial charge in [0.1, 0.15) is 42.3 Å². The van der Waals surface area contributed by atoms with Gasteiger partial charge < -0.3 is 70.4 Å². The van der Waals surface area contributed by atoms with Gasteiger partial charge in [-0.05, 0) is 50.1 Å². The minimum atomic E-state index is -1.62. The molecule has 0 spiro atoms. The van der Waals surface area contributed by atoms with Crippen molar-refractivity contribution in [2.75, 3.05) is 41.5 Å². The lowest BCUT2D eigenvalue weighted by molar-refractivity contribution is -0.254. The number of hydrogen-bond acceptors (Lipinski definition) is 16. The number of aliphatic hydroxyl groups excluding tert-OH is 4. The number of nitrogens with one attached hydrogen (secondary N) is 4. The number of benzene rings is 1. The summed E-state index contributed by atoms with van der Waals surface area (Å²) in [6, 6.07) is 5.84. The zero-order chi connectivity index (χ0) is 52.9. The van der Waals surface area contributed by atoms with Crippen LogP contribution in [-0.2, 0) is 44.7 Å². The predicted molar refractivity (Wildman–Crippen MR) is 260 cm³/mol. The summed E-state index contributed by atoms with van der Waals surface area (Å²) in [5.74, 6) is -2.23. The standard InChI is InChI=1S/C49H81N9O13/c1-13-28(6)39(56(10)47(66)38(27(4)5)53-46(65)37(50-9)26(2)3)34(68-11)22-36(60)57-21-17-20-33(57)43(69-12)29(7)45(64)52-30(8)44(31-18-15-14-16-19-31)71-49(67)51-23-32-24-58(55-54-32)48-42(63)41(62)40(61)35(25-59)70-48/h14-16,18-19,24,26-30,33-35,37-44,48,50,59,61-63H,13,17,20-23,25H2,1-12H3,(H,51,67)(H,52,64)(H,53,65)/t28-,29+,30+,33-,34+,35?,37-,38-,39-,40?,41?,42?,43+,44+,48?/m0/s1. The second-order valence-corrected chi connectivity index (χ2v) is 19.6. The number of hydrogen-bond donors (Lipinski definition) is 8. The molecule has 2 aliphatic rings. The van der Waals surface area contributed by atoms with Crippen molar-refractivity contribution in [1.29, 1.82) is 0 Å². The van der Waals surface area contributed by atoms with Crippen molar-refractivity contribution in [3.63, 3.8) is 0 Å². The van der Waals surface area contributed by atoms with Crippen LogP contribution in [0.4, 0.5) is 4.79 Å². The average Bonchev–Trinajstić information content (AvgIpc) is 4.04. The van der Waals surface area contributed by atoms with E-state index in [1.165, 1.54) is 20.4 Å². The Labute approximate surface area is 417 Å². The zero-order valence-corrected chi connectivity index (χ0v) is 43.4. The Balaban J connectivity index is 1.44. The van der Waals surface area contributed by atoms with Crippen LogP contribution in [-0.4, -0.2) is 183 Å². The number of aromatic nitrogens is 3. The number of likely N-dealkylation sites (tertiary alicyclic amines) is 1. The highest BCUT2D eigenvalue weighted by Crippen LogP contribution is 2.31. The Morgan fingerprint density at radius 1 is 0.901 bits per heavy atom. The fourth-order valence-corrected chi connectivity index (χ4v) is 9.72. The molecule has 71 heavy (non-hydrogen) atoms. The minimum absolute atomic E-state index is 0.00493. The van der Waals surface area contributed by atoms with Gasteiger partial charge in [-0.3, -0.25) is 19.2 Å². The van der Waals surface area contributed by atoms with E-state index in [9.17, 15) is 44.4 Å². The van der Waals surface area contributed by atoms with E-state index in [4.69, 9.17) is 18.9 Å². The number of methoxy groups -OCH3 is 2. The average molecular weight is 1000 g/mol. The third-order valence-electron chi connectivity index (χ3n) is 14.0. The molecule has 22 heteroatoms. The Kier molecular flexibility index (Phi) is 22.6. The first-order valence-corrected chi connectivity index (χ1v) is 24.8. The number of nitrogens with zero attached hydrogens (tertiary/aromatic N) is 5. The lowest BCUT2D eigenvalue weighted by atomic mass is 9.89. The molecule has 2 aliphatic heterocycles. The topological polar surface area (TPSA) is 288 Å². The molecule has 4 rings (SSSR count). The molecule has 2 saturated heterocycles. The molecule has 2 aromatic rings. The number of likely N-dealkylation sites (N-methyl/N-ethyl adjacent to an activating group) is 2. The van der Waals surface area contributed by atoms with E-state index in [0.717, 1.165) is 4.68 Å². The lowest BCUT2D eigenvalue weighted by Gasteiger charge is -2.41. The van der Waals surface area contributed by atoms with E-state index < -0.39 is 104 Å². The van der Waals surface area contributed by atoms with Crippen molar-refractivity contribution in [3.05, 3.63) is 47.8 Å². The van der Waals surface area contributed by atoms with Gasteiger partial charge in [0.2, 0.25) is 23.6 Å². The minimum Gasteiger partial charge on any atom is -0.439 e. The molecule has 15 atom stereocenters. The summed E-state index contributed by atoms with van der Waals surface area (Å²) in [6.45, 7) is 14.7. The normalized spacial score (nSPS) is 24.2. The Hall–Kier alpha value is -4.81. The van der Waals surface area contributed by atoms with Crippen LogP contribution in [0.5, 0.6) is 0 Å². The van der Waals surface area contributed by atoms with Gasteiger partial charge in [-0.25, -0.2) is 9.48 Å². The first-order chi connectivity index (χ1) is 33.6. The number of carbonyl (C=O) groups is 5. The monoisotopic (exact) mass is 1000 g/mol. The van der Waals surface area contributed by atoms with Gasteiger partial charge in [-0.1, -0.05) is 90.4 Å². The summed E-state index contributed by atoms with van der Waals surface area (Å²) in [7, 11) is 6.44. The smallest absolute Gasteiger partial charge is 0.408 e. The third kappa shape index (κ3) is 14.7. The molecule has 5 amide bonds. The van der Waals surface area contributed by atoms with Crippen LogP contribution in [0.3, 0.4) is 0 Å². The fourth-order valence-electron chi connectivity index (χ4n) is 9.72. The maximum absolute atomic E-state index is 14.4. The van der Waals surface area contributed by atoms with E-state index in [1.54, 1.807) is 68.1 Å². The van der Waals surface area contributed by atoms with Gasteiger partial charge in [0.15, 0.2) is 6.23 Å². The largest absolute Gasteiger partial charge is 0.439 e. The van der Waals surface area contributed by atoms with Crippen molar-refractivity contribution in [3.8, 4) is 0 Å². The Morgan fingerprint density at radius 3 is 2.14 bits per heavy atom. The van der Waals surface area contributed by atoms with Gasteiger partial charge in [-0.2, -0.15) is 0 Å². The van der Waals surface area contributed by atoms with E-state index in [1.807, 2.05) is 41.5 Å².